The predicted molar refractivity (Wildman–Crippen MR) is 53.3 cm³/mol. The number of aromatic nitrogens is 2. The monoisotopic (exact) mass is 193 g/mol. The van der Waals surface area contributed by atoms with Gasteiger partial charge in [-0.3, -0.25) is 4.79 Å². The van der Waals surface area contributed by atoms with Crippen molar-refractivity contribution in [3.63, 3.8) is 0 Å². The highest BCUT2D eigenvalue weighted by Gasteiger charge is 2.11. The summed E-state index contributed by atoms with van der Waals surface area (Å²) in [6.45, 7) is 4.29. The van der Waals surface area contributed by atoms with Crippen LogP contribution in [-0.4, -0.2) is 40.4 Å². The van der Waals surface area contributed by atoms with E-state index >= 15 is 0 Å². The third-order valence-electron chi connectivity index (χ3n) is 2.71. The van der Waals surface area contributed by atoms with Crippen molar-refractivity contribution in [2.24, 2.45) is 0 Å². The Morgan fingerprint density at radius 3 is 2.86 bits per heavy atom. The number of carbonyl (C=O) groups is 1. The molecule has 14 heavy (non-hydrogen) atoms. The summed E-state index contributed by atoms with van der Waals surface area (Å²) in [7, 11) is 0. The average Bonchev–Trinajstić information content (AvgIpc) is 2.85. The molecule has 0 aliphatic carbocycles. The van der Waals surface area contributed by atoms with Gasteiger partial charge in [-0.25, -0.2) is 4.98 Å². The number of rotatable bonds is 4. The van der Waals surface area contributed by atoms with Crippen molar-refractivity contribution in [3.05, 3.63) is 18.2 Å². The second-order valence-corrected chi connectivity index (χ2v) is 3.65. The van der Waals surface area contributed by atoms with Crippen molar-refractivity contribution in [1.82, 2.24) is 14.5 Å². The van der Waals surface area contributed by atoms with Crippen molar-refractivity contribution < 1.29 is 4.79 Å². The highest BCUT2D eigenvalue weighted by atomic mass is 16.1. The minimum Gasteiger partial charge on any atom is -0.327 e. The minimum absolute atomic E-state index is 0.532. The Morgan fingerprint density at radius 2 is 2.14 bits per heavy atom. The molecular formula is C10H15N3O. The van der Waals surface area contributed by atoms with E-state index in [1.807, 2.05) is 10.8 Å². The SMILES string of the molecule is O=Cc1nccn1CCN1CCCC1. The highest BCUT2D eigenvalue weighted by Crippen LogP contribution is 2.07. The molecule has 76 valence electrons. The Balaban J connectivity index is 1.87. The van der Waals surface area contributed by atoms with E-state index in [0.29, 0.717) is 5.82 Å². The van der Waals surface area contributed by atoms with Crippen LogP contribution in [0.25, 0.3) is 0 Å². The van der Waals surface area contributed by atoms with E-state index in [1.165, 1.54) is 25.9 Å². The summed E-state index contributed by atoms with van der Waals surface area (Å²) in [4.78, 5) is 17.0. The Bertz CT molecular complexity index is 302. The summed E-state index contributed by atoms with van der Waals surface area (Å²) in [6.07, 6.45) is 6.96. The molecule has 1 aromatic rings. The van der Waals surface area contributed by atoms with Gasteiger partial charge in [0.15, 0.2) is 12.1 Å². The van der Waals surface area contributed by atoms with Crippen LogP contribution in [0.2, 0.25) is 0 Å². The van der Waals surface area contributed by atoms with Crippen LogP contribution in [0.3, 0.4) is 0 Å². The van der Waals surface area contributed by atoms with Crippen LogP contribution in [0.5, 0.6) is 0 Å². The van der Waals surface area contributed by atoms with Crippen LogP contribution in [0.1, 0.15) is 23.5 Å². The summed E-state index contributed by atoms with van der Waals surface area (Å²) < 4.78 is 1.91. The maximum absolute atomic E-state index is 10.6. The highest BCUT2D eigenvalue weighted by molar-refractivity contribution is 5.69. The molecule has 1 aliphatic heterocycles. The molecule has 0 spiro atoms. The number of hydrogen-bond acceptors (Lipinski definition) is 3. The summed E-state index contributed by atoms with van der Waals surface area (Å²) in [6, 6.07) is 0. The molecule has 1 aromatic heterocycles. The lowest BCUT2D eigenvalue weighted by Crippen LogP contribution is -2.24. The van der Waals surface area contributed by atoms with E-state index in [4.69, 9.17) is 0 Å². The Labute approximate surface area is 83.5 Å². The van der Waals surface area contributed by atoms with Gasteiger partial charge >= 0.3 is 0 Å². The molecular weight excluding hydrogens is 178 g/mol. The van der Waals surface area contributed by atoms with Crippen molar-refractivity contribution in [2.45, 2.75) is 19.4 Å². The molecule has 0 amide bonds. The van der Waals surface area contributed by atoms with Gasteiger partial charge in [-0.15, -0.1) is 0 Å². The lowest BCUT2D eigenvalue weighted by Gasteiger charge is -2.14. The molecule has 1 aliphatic rings. The predicted octanol–water partition coefficient (Wildman–Crippen LogP) is 0.791. The fraction of sp³-hybridized carbons (Fsp3) is 0.600. The van der Waals surface area contributed by atoms with Gasteiger partial charge in [0.25, 0.3) is 0 Å². The topological polar surface area (TPSA) is 38.1 Å². The van der Waals surface area contributed by atoms with Gasteiger partial charge in [-0.2, -0.15) is 0 Å². The quantitative estimate of drug-likeness (QED) is 0.664. The zero-order valence-electron chi connectivity index (χ0n) is 8.22. The number of imidazole rings is 1. The molecule has 0 saturated carbocycles. The van der Waals surface area contributed by atoms with E-state index in [9.17, 15) is 4.79 Å². The Hall–Kier alpha value is -1.16. The number of hydrogen-bond donors (Lipinski definition) is 0. The van der Waals surface area contributed by atoms with Crippen LogP contribution < -0.4 is 0 Å². The fourth-order valence-electron chi connectivity index (χ4n) is 1.88. The van der Waals surface area contributed by atoms with Gasteiger partial charge in [0.2, 0.25) is 0 Å². The maximum Gasteiger partial charge on any atom is 0.185 e. The third-order valence-corrected chi connectivity index (χ3v) is 2.71. The van der Waals surface area contributed by atoms with Gasteiger partial charge in [0, 0.05) is 25.5 Å². The molecule has 0 radical (unpaired) electrons. The lowest BCUT2D eigenvalue weighted by molar-refractivity contribution is 0.111. The lowest BCUT2D eigenvalue weighted by atomic mass is 10.4. The summed E-state index contributed by atoms with van der Waals surface area (Å²) in [5.74, 6) is 0.532. The molecule has 0 atom stereocenters. The number of carbonyl (C=O) groups excluding carboxylic acids is 1. The second-order valence-electron chi connectivity index (χ2n) is 3.65. The molecule has 0 bridgehead atoms. The zero-order chi connectivity index (χ0) is 9.80. The van der Waals surface area contributed by atoms with Crippen LogP contribution in [0.4, 0.5) is 0 Å². The summed E-state index contributed by atoms with van der Waals surface area (Å²) in [5, 5.41) is 0. The largest absolute Gasteiger partial charge is 0.327 e. The van der Waals surface area contributed by atoms with E-state index in [-0.39, 0.29) is 0 Å². The molecule has 2 heterocycles. The molecule has 4 nitrogen and oxygen atoms in total. The number of aldehydes is 1. The first-order chi connectivity index (χ1) is 6.90. The van der Waals surface area contributed by atoms with Crippen LogP contribution in [0, 0.1) is 0 Å². The summed E-state index contributed by atoms with van der Waals surface area (Å²) >= 11 is 0. The van der Waals surface area contributed by atoms with Crippen LogP contribution in [-0.2, 0) is 6.54 Å². The van der Waals surface area contributed by atoms with E-state index in [0.717, 1.165) is 19.4 Å². The van der Waals surface area contributed by atoms with E-state index in [2.05, 4.69) is 9.88 Å². The van der Waals surface area contributed by atoms with Gasteiger partial charge in [-0.1, -0.05) is 0 Å². The van der Waals surface area contributed by atoms with Crippen LogP contribution >= 0.6 is 0 Å². The van der Waals surface area contributed by atoms with Crippen molar-refractivity contribution in [1.29, 1.82) is 0 Å². The van der Waals surface area contributed by atoms with Crippen LogP contribution in [0.15, 0.2) is 12.4 Å². The second kappa shape index (κ2) is 4.37. The molecule has 0 unspecified atom stereocenters. The number of likely N-dealkylation sites (tertiary alicyclic amines) is 1. The minimum atomic E-state index is 0.532. The van der Waals surface area contributed by atoms with E-state index < -0.39 is 0 Å². The van der Waals surface area contributed by atoms with Gasteiger partial charge < -0.3 is 9.47 Å². The Kier molecular flexibility index (Phi) is 2.93. The summed E-state index contributed by atoms with van der Waals surface area (Å²) in [5.41, 5.74) is 0. The van der Waals surface area contributed by atoms with Gasteiger partial charge in [0.1, 0.15) is 0 Å². The van der Waals surface area contributed by atoms with Crippen molar-refractivity contribution in [2.75, 3.05) is 19.6 Å². The molecule has 0 aromatic carbocycles. The van der Waals surface area contributed by atoms with Crippen molar-refractivity contribution in [3.8, 4) is 0 Å². The smallest absolute Gasteiger partial charge is 0.185 e. The number of nitrogens with zero attached hydrogens (tertiary/aromatic N) is 3. The molecule has 2 rings (SSSR count). The normalized spacial score (nSPS) is 17.4. The molecule has 1 fully saturated rings. The first-order valence-electron chi connectivity index (χ1n) is 5.09. The molecule has 1 saturated heterocycles. The average molecular weight is 193 g/mol. The first kappa shape index (κ1) is 9.40. The maximum atomic E-state index is 10.6. The Morgan fingerprint density at radius 1 is 1.36 bits per heavy atom. The zero-order valence-corrected chi connectivity index (χ0v) is 8.22. The van der Waals surface area contributed by atoms with Gasteiger partial charge in [-0.05, 0) is 25.9 Å². The molecule has 0 N–H and O–H groups in total. The fourth-order valence-corrected chi connectivity index (χ4v) is 1.88. The standard InChI is InChI=1S/C10H15N3O/c14-9-10-11-3-6-13(10)8-7-12-4-1-2-5-12/h3,6,9H,1-2,4-5,7-8H2. The van der Waals surface area contributed by atoms with Crippen molar-refractivity contribution >= 4 is 6.29 Å². The van der Waals surface area contributed by atoms with E-state index in [1.54, 1.807) is 6.20 Å². The molecule has 4 heteroatoms. The third kappa shape index (κ3) is 2.01. The first-order valence-corrected chi connectivity index (χ1v) is 5.09. The van der Waals surface area contributed by atoms with Gasteiger partial charge in [0.05, 0.1) is 0 Å².